The molecule has 39 heavy (non-hydrogen) atoms. The molecular weight excluding hydrogens is 510 g/mol. The monoisotopic (exact) mass is 549 g/mol. The van der Waals surface area contributed by atoms with Crippen LogP contribution in [-0.2, 0) is 26.2 Å². The Hall–Kier alpha value is -3.65. The summed E-state index contributed by atoms with van der Waals surface area (Å²) in [7, 11) is -4.09. The van der Waals surface area contributed by atoms with Crippen LogP contribution in [0.25, 0.3) is 0 Å². The van der Waals surface area contributed by atoms with Crippen molar-refractivity contribution in [1.29, 1.82) is 0 Å². The summed E-state index contributed by atoms with van der Waals surface area (Å²) in [6.07, 6.45) is 0. The van der Waals surface area contributed by atoms with Crippen molar-refractivity contribution in [2.75, 3.05) is 10.8 Å². The predicted molar refractivity (Wildman–Crippen MR) is 156 cm³/mol. The van der Waals surface area contributed by atoms with Gasteiger partial charge in [-0.25, -0.2) is 8.42 Å². The number of benzene rings is 3. The van der Waals surface area contributed by atoms with E-state index in [4.69, 9.17) is 0 Å². The first kappa shape index (κ1) is 29.9. The van der Waals surface area contributed by atoms with Crippen molar-refractivity contribution in [3.05, 3.63) is 95.1 Å². The van der Waals surface area contributed by atoms with Crippen molar-refractivity contribution in [2.45, 2.75) is 71.5 Å². The molecule has 0 radical (unpaired) electrons. The number of rotatable bonds is 9. The lowest BCUT2D eigenvalue weighted by atomic mass is 10.1. The van der Waals surface area contributed by atoms with E-state index in [-0.39, 0.29) is 17.3 Å². The highest BCUT2D eigenvalue weighted by Crippen LogP contribution is 2.28. The molecule has 0 saturated heterocycles. The van der Waals surface area contributed by atoms with E-state index in [2.05, 4.69) is 5.32 Å². The highest BCUT2D eigenvalue weighted by atomic mass is 32.2. The second kappa shape index (κ2) is 12.0. The molecule has 7 nitrogen and oxygen atoms in total. The minimum atomic E-state index is -4.09. The first-order valence-electron chi connectivity index (χ1n) is 13.0. The average molecular weight is 550 g/mol. The zero-order chi connectivity index (χ0) is 29.0. The van der Waals surface area contributed by atoms with E-state index < -0.39 is 34.1 Å². The average Bonchev–Trinajstić information content (AvgIpc) is 2.87. The molecule has 0 heterocycles. The minimum Gasteiger partial charge on any atom is -0.350 e. The Balaban J connectivity index is 2.08. The second-order valence-corrected chi connectivity index (χ2v) is 12.8. The number of carbonyl (C=O) groups excluding carboxylic acids is 2. The Bertz CT molecular complexity index is 1430. The maximum atomic E-state index is 14.1. The molecule has 1 N–H and O–H groups in total. The Morgan fingerprint density at radius 1 is 0.872 bits per heavy atom. The lowest BCUT2D eigenvalue weighted by Gasteiger charge is -2.34. The molecule has 3 aromatic carbocycles. The molecule has 208 valence electrons. The lowest BCUT2D eigenvalue weighted by molar-refractivity contribution is -0.140. The smallest absolute Gasteiger partial charge is 0.264 e. The van der Waals surface area contributed by atoms with Gasteiger partial charge in [0.2, 0.25) is 11.8 Å². The van der Waals surface area contributed by atoms with Gasteiger partial charge in [-0.2, -0.15) is 0 Å². The van der Waals surface area contributed by atoms with Crippen LogP contribution in [0.5, 0.6) is 0 Å². The van der Waals surface area contributed by atoms with Crippen LogP contribution in [0.15, 0.2) is 77.7 Å². The highest BCUT2D eigenvalue weighted by molar-refractivity contribution is 7.92. The number of nitrogens with zero attached hydrogens (tertiary/aromatic N) is 2. The summed E-state index contributed by atoms with van der Waals surface area (Å²) in [5.74, 6) is -0.788. The molecule has 8 heteroatoms. The molecule has 0 spiro atoms. The zero-order valence-electron chi connectivity index (χ0n) is 23.9. The number of aryl methyl sites for hydroxylation is 3. The Labute approximate surface area is 232 Å². The maximum absolute atomic E-state index is 14.1. The van der Waals surface area contributed by atoms with Gasteiger partial charge < -0.3 is 10.2 Å². The molecule has 0 fully saturated rings. The summed E-state index contributed by atoms with van der Waals surface area (Å²) in [6.45, 7) is 12.6. The molecule has 3 aromatic rings. The van der Waals surface area contributed by atoms with Crippen LogP contribution in [0.3, 0.4) is 0 Å². The SMILES string of the molecule is Cc1ccc(C)c(N(CC(=O)N(Cc2ccccc2C)C(C)C(=O)NC(C)(C)C)S(=O)(=O)c2ccccc2)c1. The molecule has 3 rings (SSSR count). The Morgan fingerprint density at radius 2 is 1.49 bits per heavy atom. The van der Waals surface area contributed by atoms with Crippen molar-refractivity contribution >= 4 is 27.5 Å². The van der Waals surface area contributed by atoms with E-state index in [0.29, 0.717) is 5.69 Å². The van der Waals surface area contributed by atoms with Crippen molar-refractivity contribution in [3.8, 4) is 0 Å². The van der Waals surface area contributed by atoms with Crippen LogP contribution in [0.1, 0.15) is 49.9 Å². The van der Waals surface area contributed by atoms with Crippen LogP contribution in [0, 0.1) is 20.8 Å². The Morgan fingerprint density at radius 3 is 2.10 bits per heavy atom. The third-order valence-corrected chi connectivity index (χ3v) is 8.28. The number of amides is 2. The van der Waals surface area contributed by atoms with E-state index >= 15 is 0 Å². The fraction of sp³-hybridized carbons (Fsp3) is 0.355. The summed E-state index contributed by atoms with van der Waals surface area (Å²) >= 11 is 0. The van der Waals surface area contributed by atoms with Gasteiger partial charge in [0, 0.05) is 12.1 Å². The van der Waals surface area contributed by atoms with Gasteiger partial charge in [-0.1, -0.05) is 54.6 Å². The molecule has 2 amide bonds. The van der Waals surface area contributed by atoms with Gasteiger partial charge in [0.1, 0.15) is 12.6 Å². The van der Waals surface area contributed by atoms with Crippen LogP contribution in [0.2, 0.25) is 0 Å². The number of hydrogen-bond acceptors (Lipinski definition) is 4. The van der Waals surface area contributed by atoms with Gasteiger partial charge in [0.25, 0.3) is 10.0 Å². The van der Waals surface area contributed by atoms with Gasteiger partial charge in [0.15, 0.2) is 0 Å². The van der Waals surface area contributed by atoms with Crippen molar-refractivity contribution < 1.29 is 18.0 Å². The number of sulfonamides is 1. The quantitative estimate of drug-likeness (QED) is 0.401. The molecular formula is C31H39N3O4S. The van der Waals surface area contributed by atoms with E-state index in [1.54, 1.807) is 31.2 Å². The van der Waals surface area contributed by atoms with Gasteiger partial charge >= 0.3 is 0 Å². The molecule has 1 unspecified atom stereocenters. The van der Waals surface area contributed by atoms with Gasteiger partial charge in [-0.3, -0.25) is 13.9 Å². The van der Waals surface area contributed by atoms with Crippen LogP contribution in [0.4, 0.5) is 5.69 Å². The number of carbonyl (C=O) groups is 2. The maximum Gasteiger partial charge on any atom is 0.264 e. The minimum absolute atomic E-state index is 0.0858. The topological polar surface area (TPSA) is 86.8 Å². The molecule has 0 saturated carbocycles. The van der Waals surface area contributed by atoms with Gasteiger partial charge in [-0.15, -0.1) is 0 Å². The predicted octanol–water partition coefficient (Wildman–Crippen LogP) is 5.14. The zero-order valence-corrected chi connectivity index (χ0v) is 24.7. The fourth-order valence-corrected chi connectivity index (χ4v) is 5.74. The van der Waals surface area contributed by atoms with Crippen LogP contribution >= 0.6 is 0 Å². The molecule has 0 aromatic heterocycles. The normalized spacial score (nSPS) is 12.5. The third-order valence-electron chi connectivity index (χ3n) is 6.51. The van der Waals surface area contributed by atoms with Crippen LogP contribution < -0.4 is 9.62 Å². The van der Waals surface area contributed by atoms with E-state index in [0.717, 1.165) is 26.6 Å². The second-order valence-electron chi connectivity index (χ2n) is 11.0. The largest absolute Gasteiger partial charge is 0.350 e. The van der Waals surface area contributed by atoms with Crippen molar-refractivity contribution in [2.24, 2.45) is 0 Å². The number of nitrogens with one attached hydrogen (secondary N) is 1. The Kier molecular flexibility index (Phi) is 9.22. The summed E-state index contributed by atoms with van der Waals surface area (Å²) in [5.41, 5.74) is 3.37. The van der Waals surface area contributed by atoms with Crippen molar-refractivity contribution in [3.63, 3.8) is 0 Å². The van der Waals surface area contributed by atoms with E-state index in [9.17, 15) is 18.0 Å². The molecule has 0 aliphatic rings. The van der Waals surface area contributed by atoms with Crippen LogP contribution in [-0.4, -0.2) is 43.3 Å². The highest BCUT2D eigenvalue weighted by Gasteiger charge is 2.34. The third kappa shape index (κ3) is 7.47. The summed E-state index contributed by atoms with van der Waals surface area (Å²) in [6, 6.07) is 20.4. The molecule has 0 aliphatic carbocycles. The first-order chi connectivity index (χ1) is 18.2. The fourth-order valence-electron chi connectivity index (χ4n) is 4.25. The summed E-state index contributed by atoms with van der Waals surface area (Å²) in [4.78, 5) is 28.8. The molecule has 1 atom stereocenters. The number of hydrogen-bond donors (Lipinski definition) is 1. The van der Waals surface area contributed by atoms with E-state index in [1.165, 1.54) is 17.0 Å². The summed E-state index contributed by atoms with van der Waals surface area (Å²) in [5, 5.41) is 2.95. The summed E-state index contributed by atoms with van der Waals surface area (Å²) < 4.78 is 29.0. The van der Waals surface area contributed by atoms with Crippen molar-refractivity contribution in [1.82, 2.24) is 10.2 Å². The standard InChI is InChI=1S/C31H39N3O4S/c1-22-17-18-24(3)28(19-22)34(39(37,38)27-15-9-8-10-16-27)21-29(35)33(20-26-14-12-11-13-23(26)2)25(4)30(36)32-31(5,6)7/h8-19,25H,20-21H2,1-7H3,(H,32,36). The lowest BCUT2D eigenvalue weighted by Crippen LogP contribution is -2.54. The molecule has 0 bridgehead atoms. The van der Waals surface area contributed by atoms with Gasteiger partial charge in [0.05, 0.1) is 10.6 Å². The van der Waals surface area contributed by atoms with E-state index in [1.807, 2.05) is 77.9 Å². The number of anilines is 1. The first-order valence-corrected chi connectivity index (χ1v) is 14.5. The molecule has 0 aliphatic heterocycles. The van der Waals surface area contributed by atoms with Gasteiger partial charge in [-0.05, 0) is 88.9 Å².